The van der Waals surface area contributed by atoms with Crippen LogP contribution in [0.5, 0.6) is 0 Å². The minimum Gasteiger partial charge on any atom is -0.440 e. The predicted molar refractivity (Wildman–Crippen MR) is 48.2 cm³/mol. The summed E-state index contributed by atoms with van der Waals surface area (Å²) in [6.45, 7) is 3.82. The highest BCUT2D eigenvalue weighted by atomic mass is 16.4. The Kier molecular flexibility index (Phi) is 1.69. The smallest absolute Gasteiger partial charge is 0.244 e. The van der Waals surface area contributed by atoms with Crippen molar-refractivity contribution in [3.8, 4) is 11.6 Å². The van der Waals surface area contributed by atoms with Crippen LogP contribution in [0.4, 0.5) is 0 Å². The van der Waals surface area contributed by atoms with E-state index in [1.165, 1.54) is 0 Å². The molecule has 0 N–H and O–H groups in total. The van der Waals surface area contributed by atoms with Crippen molar-refractivity contribution in [2.45, 2.75) is 13.8 Å². The maximum atomic E-state index is 5.39. The first-order valence-corrected chi connectivity index (χ1v) is 4.10. The zero-order chi connectivity index (χ0) is 9.42. The molecule has 0 radical (unpaired) electrons. The molecule has 2 aromatic heterocycles. The topological polar surface area (TPSA) is 43.9 Å². The number of aryl methyl sites for hydroxylation is 3. The second kappa shape index (κ2) is 2.73. The van der Waals surface area contributed by atoms with Crippen molar-refractivity contribution in [2.75, 3.05) is 0 Å². The molecule has 0 fully saturated rings. The van der Waals surface area contributed by atoms with Crippen LogP contribution in [-0.2, 0) is 7.05 Å². The maximum absolute atomic E-state index is 5.39. The molecule has 68 valence electrons. The summed E-state index contributed by atoms with van der Waals surface area (Å²) in [4.78, 5) is 4.13. The normalized spacial score (nSPS) is 10.7. The molecule has 0 aliphatic heterocycles. The SMILES string of the molecule is Cc1cc(-c2ncc(C)o2)n(C)n1. The van der Waals surface area contributed by atoms with Crippen LogP contribution in [0.25, 0.3) is 11.6 Å². The van der Waals surface area contributed by atoms with E-state index in [0.717, 1.165) is 17.1 Å². The Morgan fingerprint density at radius 3 is 2.62 bits per heavy atom. The van der Waals surface area contributed by atoms with Gasteiger partial charge in [0.1, 0.15) is 11.5 Å². The van der Waals surface area contributed by atoms with E-state index in [-0.39, 0.29) is 0 Å². The lowest BCUT2D eigenvalue weighted by Gasteiger charge is -1.93. The fourth-order valence-electron chi connectivity index (χ4n) is 1.28. The molecule has 4 nitrogen and oxygen atoms in total. The van der Waals surface area contributed by atoms with Gasteiger partial charge in [-0.1, -0.05) is 0 Å². The van der Waals surface area contributed by atoms with E-state index in [9.17, 15) is 0 Å². The summed E-state index contributed by atoms with van der Waals surface area (Å²) in [7, 11) is 1.88. The first-order chi connectivity index (χ1) is 6.16. The Morgan fingerprint density at radius 2 is 2.15 bits per heavy atom. The molecule has 0 amide bonds. The van der Waals surface area contributed by atoms with Crippen molar-refractivity contribution >= 4 is 0 Å². The molecule has 0 saturated carbocycles. The van der Waals surface area contributed by atoms with Gasteiger partial charge >= 0.3 is 0 Å². The van der Waals surface area contributed by atoms with Gasteiger partial charge in [0, 0.05) is 7.05 Å². The molecule has 0 spiro atoms. The van der Waals surface area contributed by atoms with Gasteiger partial charge < -0.3 is 4.42 Å². The van der Waals surface area contributed by atoms with E-state index in [2.05, 4.69) is 10.1 Å². The fraction of sp³-hybridized carbons (Fsp3) is 0.333. The van der Waals surface area contributed by atoms with Crippen molar-refractivity contribution in [2.24, 2.45) is 7.05 Å². The van der Waals surface area contributed by atoms with Crippen LogP contribution in [0.15, 0.2) is 16.7 Å². The molecule has 2 aromatic rings. The molecule has 13 heavy (non-hydrogen) atoms. The Bertz CT molecular complexity index is 428. The van der Waals surface area contributed by atoms with Crippen LogP contribution in [0.3, 0.4) is 0 Å². The quantitative estimate of drug-likeness (QED) is 0.665. The molecule has 0 aromatic carbocycles. The highest BCUT2D eigenvalue weighted by Crippen LogP contribution is 2.18. The lowest BCUT2D eigenvalue weighted by Crippen LogP contribution is -1.93. The molecule has 2 heterocycles. The molecule has 0 aliphatic carbocycles. The predicted octanol–water partition coefficient (Wildman–Crippen LogP) is 1.69. The average molecular weight is 177 g/mol. The van der Waals surface area contributed by atoms with Crippen LogP contribution in [0.1, 0.15) is 11.5 Å². The van der Waals surface area contributed by atoms with E-state index in [1.807, 2.05) is 27.0 Å². The van der Waals surface area contributed by atoms with Crippen LogP contribution in [0, 0.1) is 13.8 Å². The molecular formula is C9H11N3O. The summed E-state index contributed by atoms with van der Waals surface area (Å²) < 4.78 is 7.16. The summed E-state index contributed by atoms with van der Waals surface area (Å²) in [5.74, 6) is 1.44. The first-order valence-electron chi connectivity index (χ1n) is 4.10. The van der Waals surface area contributed by atoms with Gasteiger partial charge in [0.2, 0.25) is 5.89 Å². The van der Waals surface area contributed by atoms with E-state index in [4.69, 9.17) is 4.42 Å². The van der Waals surface area contributed by atoms with Crippen molar-refractivity contribution in [1.82, 2.24) is 14.8 Å². The van der Waals surface area contributed by atoms with Crippen molar-refractivity contribution in [3.63, 3.8) is 0 Å². The molecule has 0 unspecified atom stereocenters. The summed E-state index contributed by atoms with van der Waals surface area (Å²) in [6, 6.07) is 1.95. The monoisotopic (exact) mass is 177 g/mol. The van der Waals surface area contributed by atoms with Crippen LogP contribution >= 0.6 is 0 Å². The lowest BCUT2D eigenvalue weighted by molar-refractivity contribution is 0.535. The number of rotatable bonds is 1. The average Bonchev–Trinajstić information content (AvgIpc) is 2.58. The van der Waals surface area contributed by atoms with E-state index in [1.54, 1.807) is 10.9 Å². The minimum absolute atomic E-state index is 0.626. The Labute approximate surface area is 76.2 Å². The van der Waals surface area contributed by atoms with Gasteiger partial charge in [-0.2, -0.15) is 5.10 Å². The number of oxazole rings is 1. The number of hydrogen-bond donors (Lipinski definition) is 0. The minimum atomic E-state index is 0.626. The molecule has 0 atom stereocenters. The summed E-state index contributed by atoms with van der Waals surface area (Å²) in [5, 5.41) is 4.21. The third-order valence-corrected chi connectivity index (χ3v) is 1.84. The largest absolute Gasteiger partial charge is 0.440 e. The van der Waals surface area contributed by atoms with Crippen LogP contribution < -0.4 is 0 Å². The summed E-state index contributed by atoms with van der Waals surface area (Å²) >= 11 is 0. The maximum Gasteiger partial charge on any atom is 0.244 e. The molecule has 0 aliphatic rings. The number of hydrogen-bond acceptors (Lipinski definition) is 3. The molecule has 0 bridgehead atoms. The van der Waals surface area contributed by atoms with Gasteiger partial charge in [-0.3, -0.25) is 4.68 Å². The third kappa shape index (κ3) is 1.35. The second-order valence-electron chi connectivity index (χ2n) is 3.07. The van der Waals surface area contributed by atoms with Gasteiger partial charge in [-0.25, -0.2) is 4.98 Å². The highest BCUT2D eigenvalue weighted by molar-refractivity contribution is 5.47. The number of nitrogens with zero attached hydrogens (tertiary/aromatic N) is 3. The first kappa shape index (κ1) is 8.04. The van der Waals surface area contributed by atoms with E-state index >= 15 is 0 Å². The van der Waals surface area contributed by atoms with Gasteiger partial charge in [-0.15, -0.1) is 0 Å². The van der Waals surface area contributed by atoms with Crippen molar-refractivity contribution < 1.29 is 4.42 Å². The third-order valence-electron chi connectivity index (χ3n) is 1.84. The summed E-state index contributed by atoms with van der Waals surface area (Å²) in [6.07, 6.45) is 1.71. The van der Waals surface area contributed by atoms with Crippen molar-refractivity contribution in [1.29, 1.82) is 0 Å². The van der Waals surface area contributed by atoms with Gasteiger partial charge in [0.25, 0.3) is 0 Å². The van der Waals surface area contributed by atoms with Crippen LogP contribution in [-0.4, -0.2) is 14.8 Å². The van der Waals surface area contributed by atoms with Gasteiger partial charge in [0.05, 0.1) is 11.9 Å². The summed E-state index contributed by atoms with van der Waals surface area (Å²) in [5.41, 5.74) is 1.87. The highest BCUT2D eigenvalue weighted by Gasteiger charge is 2.09. The van der Waals surface area contributed by atoms with E-state index in [0.29, 0.717) is 5.89 Å². The zero-order valence-corrected chi connectivity index (χ0v) is 7.90. The van der Waals surface area contributed by atoms with Crippen LogP contribution in [0.2, 0.25) is 0 Å². The molecular weight excluding hydrogens is 166 g/mol. The Morgan fingerprint density at radius 1 is 1.38 bits per heavy atom. The lowest BCUT2D eigenvalue weighted by atomic mass is 10.4. The fourth-order valence-corrected chi connectivity index (χ4v) is 1.28. The van der Waals surface area contributed by atoms with Gasteiger partial charge in [0.15, 0.2) is 0 Å². The molecule has 2 rings (SSSR count). The van der Waals surface area contributed by atoms with E-state index < -0.39 is 0 Å². The molecule has 0 saturated heterocycles. The zero-order valence-electron chi connectivity index (χ0n) is 7.90. The van der Waals surface area contributed by atoms with Gasteiger partial charge in [-0.05, 0) is 19.9 Å². The second-order valence-corrected chi connectivity index (χ2v) is 3.07. The molecule has 4 heteroatoms. The van der Waals surface area contributed by atoms with Crippen molar-refractivity contribution in [3.05, 3.63) is 23.7 Å². The Hall–Kier alpha value is -1.58. The number of aromatic nitrogens is 3. The standard InChI is InChI=1S/C9H11N3O/c1-6-4-8(12(3)11-6)9-10-5-7(2)13-9/h4-5H,1-3H3. The Balaban J connectivity index is 2.51.